The van der Waals surface area contributed by atoms with Gasteiger partial charge in [-0.1, -0.05) is 30.1 Å². The van der Waals surface area contributed by atoms with Gasteiger partial charge in [0.15, 0.2) is 5.78 Å². The van der Waals surface area contributed by atoms with Gasteiger partial charge < -0.3 is 0 Å². The molecular weight excluding hydrogens is 283 g/mol. The summed E-state index contributed by atoms with van der Waals surface area (Å²) in [4.78, 5) is 14.1. The van der Waals surface area contributed by atoms with Gasteiger partial charge in [-0.15, -0.1) is 0 Å². The van der Waals surface area contributed by atoms with Crippen LogP contribution in [0.4, 0.5) is 0 Å². The van der Waals surface area contributed by atoms with Gasteiger partial charge in [0.25, 0.3) is 0 Å². The molecule has 1 unspecified atom stereocenters. The Kier molecular flexibility index (Phi) is 6.30. The summed E-state index contributed by atoms with van der Waals surface area (Å²) in [6, 6.07) is 7.01. The lowest BCUT2D eigenvalue weighted by atomic mass is 10.1. The van der Waals surface area contributed by atoms with Crippen molar-refractivity contribution in [3.05, 3.63) is 33.8 Å². The van der Waals surface area contributed by atoms with Crippen molar-refractivity contribution in [2.75, 3.05) is 19.6 Å². The van der Waals surface area contributed by atoms with Crippen LogP contribution < -0.4 is 0 Å². The molecule has 0 fully saturated rings. The van der Waals surface area contributed by atoms with Crippen molar-refractivity contribution in [3.63, 3.8) is 0 Å². The third kappa shape index (κ3) is 4.83. The van der Waals surface area contributed by atoms with Crippen LogP contribution in [0.2, 0.25) is 10.0 Å². The molecule has 1 rings (SSSR count). The highest BCUT2D eigenvalue weighted by Crippen LogP contribution is 2.21. The lowest BCUT2D eigenvalue weighted by Gasteiger charge is -2.20. The monoisotopic (exact) mass is 298 g/mol. The van der Waals surface area contributed by atoms with E-state index < -0.39 is 0 Å². The van der Waals surface area contributed by atoms with Crippen molar-refractivity contribution in [1.82, 2.24) is 4.90 Å². The molecule has 1 atom stereocenters. The highest BCUT2D eigenvalue weighted by atomic mass is 35.5. The Morgan fingerprint density at radius 1 is 1.47 bits per heavy atom. The van der Waals surface area contributed by atoms with Crippen LogP contribution in [-0.2, 0) is 0 Å². The maximum atomic E-state index is 12.2. The average molecular weight is 299 g/mol. The lowest BCUT2D eigenvalue weighted by Crippen LogP contribution is -2.33. The fourth-order valence-electron chi connectivity index (χ4n) is 1.74. The molecule has 0 heterocycles. The van der Waals surface area contributed by atoms with Crippen LogP contribution in [0, 0.1) is 17.2 Å². The fourth-order valence-corrected chi connectivity index (χ4v) is 2.25. The predicted molar refractivity (Wildman–Crippen MR) is 77.7 cm³/mol. The minimum absolute atomic E-state index is 0.0614. The first kappa shape index (κ1) is 16.0. The van der Waals surface area contributed by atoms with Crippen LogP contribution in [0.3, 0.4) is 0 Å². The molecule has 0 amide bonds. The highest BCUT2D eigenvalue weighted by Gasteiger charge is 2.16. The first-order valence-electron chi connectivity index (χ1n) is 6.08. The van der Waals surface area contributed by atoms with E-state index in [9.17, 15) is 4.79 Å². The number of hydrogen-bond acceptors (Lipinski definition) is 3. The summed E-state index contributed by atoms with van der Waals surface area (Å²) in [6.07, 6.45) is 0. The third-order valence-corrected chi connectivity index (χ3v) is 3.35. The minimum atomic E-state index is -0.103. The SMILES string of the molecule is CCN(CC(=O)c1ccc(Cl)cc1Cl)CC(C)C#N. The van der Waals surface area contributed by atoms with Crippen molar-refractivity contribution in [3.8, 4) is 6.07 Å². The molecule has 19 heavy (non-hydrogen) atoms. The number of hydrogen-bond donors (Lipinski definition) is 0. The number of rotatable bonds is 6. The first-order chi connectivity index (χ1) is 8.97. The number of carbonyl (C=O) groups excluding carboxylic acids is 1. The highest BCUT2D eigenvalue weighted by molar-refractivity contribution is 6.36. The van der Waals surface area contributed by atoms with Crippen molar-refractivity contribution in [2.24, 2.45) is 5.92 Å². The Bertz CT molecular complexity index is 497. The van der Waals surface area contributed by atoms with Gasteiger partial charge in [-0.2, -0.15) is 5.26 Å². The number of halogens is 2. The summed E-state index contributed by atoms with van der Waals surface area (Å²) < 4.78 is 0. The number of ketones is 1. The van der Waals surface area contributed by atoms with E-state index in [1.807, 2.05) is 18.7 Å². The van der Waals surface area contributed by atoms with Gasteiger partial charge >= 0.3 is 0 Å². The van der Waals surface area contributed by atoms with E-state index >= 15 is 0 Å². The van der Waals surface area contributed by atoms with E-state index in [0.29, 0.717) is 28.7 Å². The standard InChI is InChI=1S/C14H16Cl2N2O/c1-3-18(8-10(2)7-17)9-14(19)12-5-4-11(15)6-13(12)16/h4-6,10H,3,8-9H2,1-2H3. The molecule has 1 aromatic carbocycles. The van der Waals surface area contributed by atoms with Crippen molar-refractivity contribution in [1.29, 1.82) is 5.26 Å². The summed E-state index contributed by atoms with van der Waals surface area (Å²) in [5, 5.41) is 9.68. The van der Waals surface area contributed by atoms with E-state index in [4.69, 9.17) is 28.5 Å². The molecule has 0 spiro atoms. The normalized spacial score (nSPS) is 12.2. The molecule has 102 valence electrons. The molecule has 1 aromatic rings. The maximum Gasteiger partial charge on any atom is 0.178 e. The Morgan fingerprint density at radius 2 is 2.16 bits per heavy atom. The number of nitriles is 1. The fraction of sp³-hybridized carbons (Fsp3) is 0.429. The minimum Gasteiger partial charge on any atom is -0.295 e. The molecular formula is C14H16Cl2N2O. The van der Waals surface area contributed by atoms with Crippen LogP contribution in [0.25, 0.3) is 0 Å². The zero-order valence-electron chi connectivity index (χ0n) is 11.0. The quantitative estimate of drug-likeness (QED) is 0.753. The Labute approximate surface area is 123 Å². The van der Waals surface area contributed by atoms with Crippen LogP contribution >= 0.6 is 23.2 Å². The van der Waals surface area contributed by atoms with Gasteiger partial charge in [0, 0.05) is 17.1 Å². The van der Waals surface area contributed by atoms with Crippen LogP contribution in [0.15, 0.2) is 18.2 Å². The molecule has 3 nitrogen and oxygen atoms in total. The molecule has 0 aromatic heterocycles. The summed E-state index contributed by atoms with van der Waals surface area (Å²) in [7, 11) is 0. The van der Waals surface area contributed by atoms with Crippen LogP contribution in [0.1, 0.15) is 24.2 Å². The smallest absolute Gasteiger partial charge is 0.178 e. The zero-order chi connectivity index (χ0) is 14.4. The second-order valence-corrected chi connectivity index (χ2v) is 5.25. The second-order valence-electron chi connectivity index (χ2n) is 4.41. The molecule has 0 bridgehead atoms. The van der Waals surface area contributed by atoms with E-state index in [-0.39, 0.29) is 18.2 Å². The number of nitrogens with zero attached hydrogens (tertiary/aromatic N) is 2. The third-order valence-electron chi connectivity index (χ3n) is 2.80. The topological polar surface area (TPSA) is 44.1 Å². The summed E-state index contributed by atoms with van der Waals surface area (Å²) in [5.74, 6) is -0.165. The number of likely N-dealkylation sites (N-methyl/N-ethyl adjacent to an activating group) is 1. The predicted octanol–water partition coefficient (Wildman–Crippen LogP) is 3.66. The van der Waals surface area contributed by atoms with Gasteiger partial charge in [0.05, 0.1) is 23.6 Å². The van der Waals surface area contributed by atoms with E-state index in [1.165, 1.54) is 0 Å². The van der Waals surface area contributed by atoms with E-state index in [1.54, 1.807) is 18.2 Å². The summed E-state index contributed by atoms with van der Waals surface area (Å²) in [5.41, 5.74) is 0.467. The summed E-state index contributed by atoms with van der Waals surface area (Å²) >= 11 is 11.8. The van der Waals surface area contributed by atoms with Crippen molar-refractivity contribution < 1.29 is 4.79 Å². The van der Waals surface area contributed by atoms with Crippen LogP contribution in [0.5, 0.6) is 0 Å². The van der Waals surface area contributed by atoms with Gasteiger partial charge in [0.1, 0.15) is 0 Å². The molecule has 0 N–H and O–H groups in total. The molecule has 0 aliphatic carbocycles. The van der Waals surface area contributed by atoms with Gasteiger partial charge in [-0.05, 0) is 31.7 Å². The molecule has 0 aliphatic rings. The molecule has 0 saturated heterocycles. The zero-order valence-corrected chi connectivity index (χ0v) is 12.5. The van der Waals surface area contributed by atoms with E-state index in [0.717, 1.165) is 0 Å². The van der Waals surface area contributed by atoms with Crippen LogP contribution in [-0.4, -0.2) is 30.3 Å². The molecule has 5 heteroatoms. The lowest BCUT2D eigenvalue weighted by molar-refractivity contribution is 0.0929. The summed E-state index contributed by atoms with van der Waals surface area (Å²) in [6.45, 7) is 5.33. The number of Topliss-reactive ketones (excluding diaryl/α,β-unsaturated/α-hetero) is 1. The Balaban J connectivity index is 2.75. The Hall–Kier alpha value is -1.08. The largest absolute Gasteiger partial charge is 0.295 e. The average Bonchev–Trinajstić information content (AvgIpc) is 2.37. The maximum absolute atomic E-state index is 12.2. The van der Waals surface area contributed by atoms with Crippen molar-refractivity contribution >= 4 is 29.0 Å². The molecule has 0 radical (unpaired) electrons. The van der Waals surface area contributed by atoms with Gasteiger partial charge in [0.2, 0.25) is 0 Å². The van der Waals surface area contributed by atoms with Gasteiger partial charge in [-0.3, -0.25) is 9.69 Å². The van der Waals surface area contributed by atoms with E-state index in [2.05, 4.69) is 6.07 Å². The van der Waals surface area contributed by atoms with Gasteiger partial charge in [-0.25, -0.2) is 0 Å². The first-order valence-corrected chi connectivity index (χ1v) is 6.83. The number of carbonyl (C=O) groups is 1. The second kappa shape index (κ2) is 7.49. The Morgan fingerprint density at radius 3 is 2.68 bits per heavy atom. The molecule has 0 saturated carbocycles. The van der Waals surface area contributed by atoms with Crippen molar-refractivity contribution in [2.45, 2.75) is 13.8 Å². The number of benzene rings is 1. The molecule has 0 aliphatic heterocycles.